The van der Waals surface area contributed by atoms with Gasteiger partial charge >= 0.3 is 0 Å². The van der Waals surface area contributed by atoms with E-state index in [0.29, 0.717) is 0 Å². The van der Waals surface area contributed by atoms with Crippen LogP contribution >= 0.6 is 0 Å². The van der Waals surface area contributed by atoms with E-state index >= 15 is 0 Å². The summed E-state index contributed by atoms with van der Waals surface area (Å²) in [6, 6.07) is 24.5. The molecule has 124 valence electrons. The van der Waals surface area contributed by atoms with Gasteiger partial charge in [0, 0.05) is 0 Å². The van der Waals surface area contributed by atoms with Crippen LogP contribution in [0.4, 0.5) is 0 Å². The van der Waals surface area contributed by atoms with Crippen molar-refractivity contribution in [3.8, 4) is 0 Å². The van der Waals surface area contributed by atoms with Crippen LogP contribution in [0.1, 0.15) is 33.4 Å². The molecule has 0 aromatic heterocycles. The molecule has 0 fully saturated rings. The zero-order valence-electron chi connectivity index (χ0n) is 14.8. The van der Waals surface area contributed by atoms with E-state index in [0.717, 1.165) is 16.7 Å². The van der Waals surface area contributed by atoms with E-state index in [1.165, 1.54) is 16.7 Å². The number of nitrogens with zero attached hydrogens (tertiary/aromatic N) is 1. The molecule has 0 bridgehead atoms. The van der Waals surface area contributed by atoms with E-state index < -0.39 is 5.54 Å². The Morgan fingerprint density at radius 2 is 0.880 bits per heavy atom. The second-order valence-corrected chi connectivity index (χ2v) is 6.51. The van der Waals surface area contributed by atoms with Crippen molar-refractivity contribution >= 4 is 6.08 Å². The number of carbonyl (C=O) groups excluding carboxylic acids is 1. The van der Waals surface area contributed by atoms with Gasteiger partial charge in [0.25, 0.3) is 0 Å². The average molecular weight is 327 g/mol. The smallest absolute Gasteiger partial charge is 0.211 e. The Morgan fingerprint density at radius 3 is 1.12 bits per heavy atom. The summed E-state index contributed by atoms with van der Waals surface area (Å²) in [7, 11) is 0. The Bertz CT molecular complexity index is 789. The molecule has 2 nitrogen and oxygen atoms in total. The third-order valence-corrected chi connectivity index (χ3v) is 4.62. The molecular formula is C23H21NO. The molecule has 0 aliphatic heterocycles. The highest BCUT2D eigenvalue weighted by Crippen LogP contribution is 2.40. The summed E-state index contributed by atoms with van der Waals surface area (Å²) in [6.45, 7) is 6.14. The standard InChI is InChI=1S/C23H21NO/c1-17-4-10-20(11-5-17)23(24-16-25,21-12-6-18(2)7-13-21)22-14-8-19(3)9-15-22/h4-15H,1-3H3. The molecule has 25 heavy (non-hydrogen) atoms. The van der Waals surface area contributed by atoms with Crippen LogP contribution in [0, 0.1) is 20.8 Å². The fourth-order valence-corrected chi connectivity index (χ4v) is 3.15. The van der Waals surface area contributed by atoms with Crippen LogP contribution in [-0.4, -0.2) is 6.08 Å². The van der Waals surface area contributed by atoms with Crippen LogP contribution in [0.25, 0.3) is 0 Å². The summed E-state index contributed by atoms with van der Waals surface area (Å²) in [5.41, 5.74) is 5.47. The van der Waals surface area contributed by atoms with Crippen molar-refractivity contribution in [2.75, 3.05) is 0 Å². The quantitative estimate of drug-likeness (QED) is 0.366. The number of isocyanates is 1. The summed E-state index contributed by atoms with van der Waals surface area (Å²) < 4.78 is 0. The fourth-order valence-electron chi connectivity index (χ4n) is 3.15. The van der Waals surface area contributed by atoms with Gasteiger partial charge in [-0.05, 0) is 37.5 Å². The van der Waals surface area contributed by atoms with Gasteiger partial charge in [-0.1, -0.05) is 89.5 Å². The Morgan fingerprint density at radius 1 is 0.600 bits per heavy atom. The number of aliphatic imine (C=N–C) groups is 1. The van der Waals surface area contributed by atoms with Crippen molar-refractivity contribution in [2.45, 2.75) is 26.3 Å². The monoisotopic (exact) mass is 327 g/mol. The van der Waals surface area contributed by atoms with E-state index in [4.69, 9.17) is 0 Å². The van der Waals surface area contributed by atoms with Gasteiger partial charge in [0.05, 0.1) is 0 Å². The minimum atomic E-state index is -0.892. The van der Waals surface area contributed by atoms with Gasteiger partial charge in [-0.15, -0.1) is 0 Å². The number of hydrogen-bond acceptors (Lipinski definition) is 2. The lowest BCUT2D eigenvalue weighted by molar-refractivity contribution is 0.550. The average Bonchev–Trinajstić information content (AvgIpc) is 2.62. The number of aryl methyl sites for hydroxylation is 3. The van der Waals surface area contributed by atoms with Crippen molar-refractivity contribution in [1.82, 2.24) is 0 Å². The predicted octanol–water partition coefficient (Wildman–Crippen LogP) is 5.24. The highest BCUT2D eigenvalue weighted by molar-refractivity contribution is 5.54. The maximum Gasteiger partial charge on any atom is 0.236 e. The summed E-state index contributed by atoms with van der Waals surface area (Å²) in [5, 5.41) is 0. The van der Waals surface area contributed by atoms with Crippen LogP contribution < -0.4 is 0 Å². The molecule has 0 amide bonds. The first-order valence-corrected chi connectivity index (χ1v) is 8.37. The van der Waals surface area contributed by atoms with Crippen molar-refractivity contribution in [2.24, 2.45) is 4.99 Å². The van der Waals surface area contributed by atoms with Gasteiger partial charge in [-0.3, -0.25) is 0 Å². The number of hydrogen-bond donors (Lipinski definition) is 0. The predicted molar refractivity (Wildman–Crippen MR) is 102 cm³/mol. The van der Waals surface area contributed by atoms with E-state index in [2.05, 4.69) is 4.99 Å². The molecule has 0 atom stereocenters. The van der Waals surface area contributed by atoms with Gasteiger partial charge in [0.2, 0.25) is 6.08 Å². The molecule has 0 spiro atoms. The lowest BCUT2D eigenvalue weighted by Gasteiger charge is -2.30. The molecule has 0 aliphatic rings. The van der Waals surface area contributed by atoms with Crippen LogP contribution in [0.5, 0.6) is 0 Å². The van der Waals surface area contributed by atoms with Crippen LogP contribution in [0.3, 0.4) is 0 Å². The molecule has 3 rings (SSSR count). The highest BCUT2D eigenvalue weighted by atomic mass is 16.1. The summed E-state index contributed by atoms with van der Waals surface area (Å²) in [4.78, 5) is 15.8. The number of rotatable bonds is 4. The summed E-state index contributed by atoms with van der Waals surface area (Å²) in [6.07, 6.45) is 1.82. The minimum absolute atomic E-state index is 0.892. The zero-order valence-corrected chi connectivity index (χ0v) is 14.8. The Hall–Kier alpha value is -2.96. The Balaban J connectivity index is 2.35. The molecule has 0 heterocycles. The molecule has 0 saturated carbocycles. The molecule has 0 unspecified atom stereocenters. The lowest BCUT2D eigenvalue weighted by atomic mass is 9.77. The third-order valence-electron chi connectivity index (χ3n) is 4.62. The first-order chi connectivity index (χ1) is 12.1. The van der Waals surface area contributed by atoms with Crippen LogP contribution in [0.2, 0.25) is 0 Å². The summed E-state index contributed by atoms with van der Waals surface area (Å²) >= 11 is 0. The van der Waals surface area contributed by atoms with Crippen LogP contribution in [-0.2, 0) is 10.3 Å². The Kier molecular flexibility index (Phi) is 4.65. The molecule has 0 saturated heterocycles. The normalized spacial score (nSPS) is 11.0. The Labute approximate surface area is 148 Å². The van der Waals surface area contributed by atoms with Gasteiger partial charge < -0.3 is 0 Å². The zero-order chi connectivity index (χ0) is 17.9. The first-order valence-electron chi connectivity index (χ1n) is 8.37. The number of benzene rings is 3. The SMILES string of the molecule is Cc1ccc(C(N=C=O)(c2ccc(C)cc2)c2ccc(C)cc2)cc1. The van der Waals surface area contributed by atoms with E-state index in [9.17, 15) is 4.79 Å². The second-order valence-electron chi connectivity index (χ2n) is 6.51. The van der Waals surface area contributed by atoms with Crippen LogP contribution in [0.15, 0.2) is 77.8 Å². The maximum absolute atomic E-state index is 11.4. The van der Waals surface area contributed by atoms with Gasteiger partial charge in [0.15, 0.2) is 0 Å². The summed E-state index contributed by atoms with van der Waals surface area (Å²) in [5.74, 6) is 0. The van der Waals surface area contributed by atoms with E-state index in [1.54, 1.807) is 0 Å². The largest absolute Gasteiger partial charge is 0.236 e. The van der Waals surface area contributed by atoms with Crippen molar-refractivity contribution < 1.29 is 4.79 Å². The molecule has 3 aromatic carbocycles. The van der Waals surface area contributed by atoms with E-state index in [1.807, 2.05) is 99.6 Å². The first kappa shape index (κ1) is 16.9. The topological polar surface area (TPSA) is 29.4 Å². The highest BCUT2D eigenvalue weighted by Gasteiger charge is 2.36. The minimum Gasteiger partial charge on any atom is -0.211 e. The lowest BCUT2D eigenvalue weighted by Crippen LogP contribution is -2.27. The molecule has 0 N–H and O–H groups in total. The van der Waals surface area contributed by atoms with Crippen molar-refractivity contribution in [3.63, 3.8) is 0 Å². The maximum atomic E-state index is 11.4. The third kappa shape index (κ3) is 3.17. The molecular weight excluding hydrogens is 306 g/mol. The van der Waals surface area contributed by atoms with E-state index in [-0.39, 0.29) is 0 Å². The van der Waals surface area contributed by atoms with Gasteiger partial charge in [0.1, 0.15) is 5.54 Å². The van der Waals surface area contributed by atoms with Gasteiger partial charge in [-0.2, -0.15) is 4.99 Å². The van der Waals surface area contributed by atoms with Crippen molar-refractivity contribution in [3.05, 3.63) is 106 Å². The molecule has 0 aliphatic carbocycles. The van der Waals surface area contributed by atoms with Crippen molar-refractivity contribution in [1.29, 1.82) is 0 Å². The fraction of sp³-hybridized carbons (Fsp3) is 0.174. The molecule has 2 heteroatoms. The molecule has 0 radical (unpaired) electrons. The second kappa shape index (κ2) is 6.88. The van der Waals surface area contributed by atoms with Gasteiger partial charge in [-0.25, -0.2) is 4.79 Å². The molecule has 3 aromatic rings.